The Morgan fingerprint density at radius 2 is 2.08 bits per heavy atom. The van der Waals surface area contributed by atoms with Crippen molar-refractivity contribution in [1.82, 2.24) is 0 Å². The number of halogens is 1. The summed E-state index contributed by atoms with van der Waals surface area (Å²) >= 11 is 5.57. The summed E-state index contributed by atoms with van der Waals surface area (Å²) in [7, 11) is 0. The van der Waals surface area contributed by atoms with Crippen molar-refractivity contribution in [3.63, 3.8) is 0 Å². The highest BCUT2D eigenvalue weighted by atomic mass is 35.5. The van der Waals surface area contributed by atoms with Crippen molar-refractivity contribution in [2.45, 2.75) is 5.38 Å². The van der Waals surface area contributed by atoms with Gasteiger partial charge in [0.2, 0.25) is 0 Å². The number of carbonyl (C=O) groups excluding carboxylic acids is 1. The fourth-order valence-electron chi connectivity index (χ4n) is 0.960. The largest absolute Gasteiger partial charge is 0.301 e. The normalized spacial score (nSPS) is 12.1. The van der Waals surface area contributed by atoms with Crippen LogP contribution in [-0.4, -0.2) is 11.2 Å². The Balaban J connectivity index is 3.19. The number of aldehydes is 1. The molecule has 0 fully saturated rings. The third kappa shape index (κ3) is 2.03. The Hall–Kier alpha value is -1.42. The number of nitrogens with zero attached hydrogens (tertiary/aromatic N) is 1. The Labute approximate surface area is 79.3 Å². The van der Waals surface area contributed by atoms with Gasteiger partial charge in [-0.15, -0.1) is 11.6 Å². The Bertz CT molecular complexity index is 340. The number of hydrogen-bond donors (Lipinski definition) is 0. The van der Waals surface area contributed by atoms with Crippen LogP contribution < -0.4 is 0 Å². The van der Waals surface area contributed by atoms with Gasteiger partial charge >= 0.3 is 0 Å². The molecule has 0 radical (unpaired) electrons. The van der Waals surface area contributed by atoms with Crippen LogP contribution in [-0.2, 0) is 4.79 Å². The molecule has 0 aromatic heterocycles. The first kappa shape index (κ1) is 9.67. The fraction of sp³-hybridized carbons (Fsp3) is 0.125. The summed E-state index contributed by atoms with van der Waals surface area (Å²) in [5, 5.41) is 9.52. The highest BCUT2D eigenvalue weighted by molar-refractivity contribution is 6.27. The van der Waals surface area contributed by atoms with Crippen molar-refractivity contribution in [2.75, 3.05) is 0 Å². The molecule has 0 spiro atoms. The quantitative estimate of drug-likeness (QED) is 0.324. The lowest BCUT2D eigenvalue weighted by atomic mass is 10.1. The second-order valence-electron chi connectivity index (χ2n) is 2.35. The Morgan fingerprint density at radius 1 is 1.46 bits per heavy atom. The predicted octanol–water partition coefficient (Wildman–Crippen LogP) is 2.07. The first-order valence-electron chi connectivity index (χ1n) is 3.49. The molecule has 1 atom stereocenters. The Morgan fingerprint density at radius 3 is 2.62 bits per heavy atom. The summed E-state index contributed by atoms with van der Waals surface area (Å²) in [4.78, 5) is 20.2. The third-order valence-electron chi connectivity index (χ3n) is 1.55. The van der Waals surface area contributed by atoms with Crippen molar-refractivity contribution in [1.29, 1.82) is 0 Å². The molecule has 4 nitrogen and oxygen atoms in total. The van der Waals surface area contributed by atoms with E-state index in [-0.39, 0.29) is 11.3 Å². The maximum Gasteiger partial charge on any atom is 0.274 e. The second-order valence-corrected chi connectivity index (χ2v) is 2.82. The molecule has 0 amide bonds. The van der Waals surface area contributed by atoms with Gasteiger partial charge < -0.3 is 4.79 Å². The first-order chi connectivity index (χ1) is 6.16. The van der Waals surface area contributed by atoms with Crippen molar-refractivity contribution >= 4 is 23.6 Å². The van der Waals surface area contributed by atoms with E-state index in [0.717, 1.165) is 0 Å². The molecule has 68 valence electrons. The molecule has 5 heteroatoms. The summed E-state index contributed by atoms with van der Waals surface area (Å²) in [6, 6.07) is 5.90. The lowest BCUT2D eigenvalue weighted by Gasteiger charge is -2.01. The summed E-state index contributed by atoms with van der Waals surface area (Å²) in [5.74, 6) is 0. The number of hydrogen-bond acceptors (Lipinski definition) is 3. The van der Waals surface area contributed by atoms with Gasteiger partial charge in [0.1, 0.15) is 11.7 Å². The molecule has 1 unspecified atom stereocenters. The van der Waals surface area contributed by atoms with Crippen molar-refractivity contribution in [2.24, 2.45) is 0 Å². The number of rotatable bonds is 3. The zero-order chi connectivity index (χ0) is 9.84. The topological polar surface area (TPSA) is 60.2 Å². The molecule has 1 rings (SSSR count). The SMILES string of the molecule is O=CC(Cl)c1ccccc1[N+](=O)[O-]. The average molecular weight is 200 g/mol. The zero-order valence-corrected chi connectivity index (χ0v) is 7.27. The number of nitro benzene ring substituents is 1. The van der Waals surface area contributed by atoms with Crippen molar-refractivity contribution < 1.29 is 9.72 Å². The van der Waals surface area contributed by atoms with Crippen LogP contribution in [0.2, 0.25) is 0 Å². The van der Waals surface area contributed by atoms with E-state index in [9.17, 15) is 14.9 Å². The molecule has 0 bridgehead atoms. The molecule has 0 heterocycles. The average Bonchev–Trinajstić information content (AvgIpc) is 2.16. The third-order valence-corrected chi connectivity index (χ3v) is 1.89. The predicted molar refractivity (Wildman–Crippen MR) is 47.8 cm³/mol. The van der Waals surface area contributed by atoms with Gasteiger partial charge in [-0.1, -0.05) is 18.2 Å². The van der Waals surface area contributed by atoms with E-state index in [1.807, 2.05) is 0 Å². The molecular formula is C8H6ClNO3. The van der Waals surface area contributed by atoms with Crippen LogP contribution in [0.1, 0.15) is 10.9 Å². The molecule has 0 aliphatic heterocycles. The highest BCUT2D eigenvalue weighted by Gasteiger charge is 2.18. The number of para-hydroxylation sites is 1. The minimum atomic E-state index is -0.957. The van der Waals surface area contributed by atoms with E-state index in [1.165, 1.54) is 18.2 Å². The van der Waals surface area contributed by atoms with Gasteiger partial charge in [0, 0.05) is 6.07 Å². The van der Waals surface area contributed by atoms with E-state index >= 15 is 0 Å². The van der Waals surface area contributed by atoms with Gasteiger partial charge in [-0.05, 0) is 0 Å². The van der Waals surface area contributed by atoms with Gasteiger partial charge in [0.25, 0.3) is 5.69 Å². The first-order valence-corrected chi connectivity index (χ1v) is 3.93. The molecule has 0 saturated heterocycles. The number of carbonyl (C=O) groups is 1. The summed E-state index contributed by atoms with van der Waals surface area (Å²) in [6.45, 7) is 0. The lowest BCUT2D eigenvalue weighted by molar-refractivity contribution is -0.385. The summed E-state index contributed by atoms with van der Waals surface area (Å²) < 4.78 is 0. The maximum atomic E-state index is 10.5. The minimum Gasteiger partial charge on any atom is -0.301 e. The van der Waals surface area contributed by atoms with Crippen LogP contribution >= 0.6 is 11.6 Å². The molecule has 0 N–H and O–H groups in total. The fourth-order valence-corrected chi connectivity index (χ4v) is 1.14. The van der Waals surface area contributed by atoms with Crippen LogP contribution in [0.15, 0.2) is 24.3 Å². The van der Waals surface area contributed by atoms with Crippen LogP contribution in [0.4, 0.5) is 5.69 Å². The smallest absolute Gasteiger partial charge is 0.274 e. The van der Waals surface area contributed by atoms with Crippen LogP contribution in [0.25, 0.3) is 0 Å². The lowest BCUT2D eigenvalue weighted by Crippen LogP contribution is -1.98. The van der Waals surface area contributed by atoms with Gasteiger partial charge in [0.15, 0.2) is 0 Å². The monoisotopic (exact) mass is 199 g/mol. The molecule has 1 aromatic rings. The van der Waals surface area contributed by atoms with E-state index in [1.54, 1.807) is 6.07 Å². The number of alkyl halides is 1. The highest BCUT2D eigenvalue weighted by Crippen LogP contribution is 2.27. The standard InChI is InChI=1S/C8H6ClNO3/c9-7(5-11)6-3-1-2-4-8(6)10(12)13/h1-5,7H. The van der Waals surface area contributed by atoms with Gasteiger partial charge in [-0.25, -0.2) is 0 Å². The zero-order valence-electron chi connectivity index (χ0n) is 6.51. The maximum absolute atomic E-state index is 10.5. The van der Waals surface area contributed by atoms with Crippen molar-refractivity contribution in [3.05, 3.63) is 39.9 Å². The van der Waals surface area contributed by atoms with E-state index in [4.69, 9.17) is 11.6 Å². The van der Waals surface area contributed by atoms with Crippen molar-refractivity contribution in [3.8, 4) is 0 Å². The molecule has 0 aliphatic carbocycles. The molecule has 13 heavy (non-hydrogen) atoms. The van der Waals surface area contributed by atoms with Gasteiger partial charge in [0.05, 0.1) is 10.5 Å². The van der Waals surface area contributed by atoms with E-state index in [0.29, 0.717) is 6.29 Å². The molecular weight excluding hydrogens is 194 g/mol. The second kappa shape index (κ2) is 4.00. The van der Waals surface area contributed by atoms with Gasteiger partial charge in [-0.2, -0.15) is 0 Å². The van der Waals surface area contributed by atoms with E-state index < -0.39 is 10.3 Å². The van der Waals surface area contributed by atoms with Crippen LogP contribution in [0.3, 0.4) is 0 Å². The van der Waals surface area contributed by atoms with E-state index in [2.05, 4.69) is 0 Å². The molecule has 0 aliphatic rings. The summed E-state index contributed by atoms with van der Waals surface area (Å²) in [6.07, 6.45) is 0.462. The molecule has 1 aromatic carbocycles. The van der Waals surface area contributed by atoms with Gasteiger partial charge in [-0.3, -0.25) is 10.1 Å². The van der Waals surface area contributed by atoms with Crippen LogP contribution in [0, 0.1) is 10.1 Å². The van der Waals surface area contributed by atoms with Crippen LogP contribution in [0.5, 0.6) is 0 Å². The number of nitro groups is 1. The number of benzene rings is 1. The Kier molecular flexibility index (Phi) is 2.97. The minimum absolute atomic E-state index is 0.130. The summed E-state index contributed by atoms with van der Waals surface area (Å²) in [5.41, 5.74) is 0.0961. The molecule has 0 saturated carbocycles.